The molecule has 2 aliphatic carbocycles. The summed E-state index contributed by atoms with van der Waals surface area (Å²) in [6.07, 6.45) is 2.02. The summed E-state index contributed by atoms with van der Waals surface area (Å²) in [4.78, 5) is 53.3. The lowest BCUT2D eigenvalue weighted by Crippen LogP contribution is -2.60. The predicted molar refractivity (Wildman–Crippen MR) is 147 cm³/mol. The fourth-order valence-corrected chi connectivity index (χ4v) is 8.29. The highest BCUT2D eigenvalue weighted by molar-refractivity contribution is 9.09. The molecule has 6 atom stereocenters. The number of methoxy groups -OCH3 is 1. The first-order valence-corrected chi connectivity index (χ1v) is 14.3. The molecule has 3 fully saturated rings. The van der Waals surface area contributed by atoms with Crippen LogP contribution in [-0.4, -0.2) is 55.9 Å². The Kier molecular flexibility index (Phi) is 6.13. The number of nitrogens with zero attached hydrogens (tertiary/aromatic N) is 2. The number of para-hydroxylation sites is 1. The van der Waals surface area contributed by atoms with Crippen molar-refractivity contribution in [2.75, 3.05) is 17.5 Å². The zero-order valence-corrected chi connectivity index (χ0v) is 23.7. The molecule has 2 saturated heterocycles. The molecule has 6 rings (SSSR count). The molecular formula is C28H23BrCl2N2O6. The van der Waals surface area contributed by atoms with Gasteiger partial charge in [-0.05, 0) is 37.0 Å². The predicted octanol–water partition coefficient (Wildman–Crippen LogP) is 4.32. The first kappa shape index (κ1) is 26.3. The van der Waals surface area contributed by atoms with Gasteiger partial charge in [-0.2, -0.15) is 0 Å². The largest absolute Gasteiger partial charge is 0.508 e. The Morgan fingerprint density at radius 2 is 1.74 bits per heavy atom. The summed E-state index contributed by atoms with van der Waals surface area (Å²) in [5.74, 6) is -4.88. The quantitative estimate of drug-likeness (QED) is 0.233. The lowest BCUT2D eigenvalue weighted by atomic mass is 9.56. The summed E-state index contributed by atoms with van der Waals surface area (Å²) in [5, 5.41) is 10.1. The smallest absolute Gasteiger partial charge is 0.254 e. The number of aromatic hydroxyl groups is 1. The van der Waals surface area contributed by atoms with Crippen LogP contribution in [0.5, 0.6) is 11.5 Å². The molecule has 2 heterocycles. The third kappa shape index (κ3) is 3.36. The van der Waals surface area contributed by atoms with E-state index in [0.29, 0.717) is 16.8 Å². The van der Waals surface area contributed by atoms with Crippen LogP contribution in [0, 0.1) is 17.8 Å². The minimum atomic E-state index is -1.94. The number of hydrogen-bond donors (Lipinski definition) is 1. The summed E-state index contributed by atoms with van der Waals surface area (Å²) in [5.41, 5.74) is 1.46. The lowest BCUT2D eigenvalue weighted by molar-refractivity contribution is -0.138. The first-order chi connectivity index (χ1) is 18.6. The summed E-state index contributed by atoms with van der Waals surface area (Å²) in [6, 6.07) is 13.1. The van der Waals surface area contributed by atoms with Crippen LogP contribution in [0.3, 0.4) is 0 Å². The van der Waals surface area contributed by atoms with Crippen molar-refractivity contribution in [2.45, 2.75) is 28.5 Å². The molecule has 4 aliphatic rings. The lowest BCUT2D eigenvalue weighted by Gasteiger charge is -2.50. The number of carbonyl (C=O) groups is 4. The molecule has 4 amide bonds. The fraction of sp³-hybridized carbons (Fsp3) is 0.357. The highest BCUT2D eigenvalue weighted by Crippen LogP contribution is 2.66. The van der Waals surface area contributed by atoms with Gasteiger partial charge >= 0.3 is 0 Å². The van der Waals surface area contributed by atoms with Gasteiger partial charge in [-0.25, -0.2) is 0 Å². The zero-order chi connectivity index (χ0) is 27.9. The van der Waals surface area contributed by atoms with Gasteiger partial charge in [-0.1, -0.05) is 51.8 Å². The van der Waals surface area contributed by atoms with Crippen LogP contribution in [0.25, 0.3) is 0 Å². The van der Waals surface area contributed by atoms with Crippen molar-refractivity contribution in [3.63, 3.8) is 0 Å². The molecule has 6 unspecified atom stereocenters. The van der Waals surface area contributed by atoms with E-state index in [2.05, 4.69) is 15.9 Å². The number of benzene rings is 2. The van der Waals surface area contributed by atoms with Crippen molar-refractivity contribution in [1.29, 1.82) is 0 Å². The summed E-state index contributed by atoms with van der Waals surface area (Å²) >= 11 is 17.6. The van der Waals surface area contributed by atoms with Crippen molar-refractivity contribution in [1.82, 2.24) is 4.90 Å². The molecule has 1 saturated carbocycles. The highest BCUT2D eigenvalue weighted by atomic mass is 79.9. The Bertz CT molecular complexity index is 1470. The molecule has 2 aromatic rings. The average Bonchev–Trinajstić information content (AvgIpc) is 3.27. The zero-order valence-electron chi connectivity index (χ0n) is 20.6. The SMILES string of the molecule is COc1cc(O)ccc1C1C2=CCC3C(=O)N(c4ccccc4)C(=O)C3C2CC2(Cl)C(=O)N(CBr)C(=O)C12Cl. The second-order valence-electron chi connectivity index (χ2n) is 10.3. The van der Waals surface area contributed by atoms with Gasteiger partial charge in [-0.15, -0.1) is 23.2 Å². The minimum absolute atomic E-state index is 0.0626. The van der Waals surface area contributed by atoms with E-state index in [9.17, 15) is 24.3 Å². The average molecular weight is 634 g/mol. The third-order valence-corrected chi connectivity index (χ3v) is 10.5. The Morgan fingerprint density at radius 1 is 1.03 bits per heavy atom. The van der Waals surface area contributed by atoms with E-state index >= 15 is 0 Å². The Morgan fingerprint density at radius 3 is 2.41 bits per heavy atom. The van der Waals surface area contributed by atoms with Crippen LogP contribution in [0.15, 0.2) is 60.2 Å². The van der Waals surface area contributed by atoms with Gasteiger partial charge in [0.1, 0.15) is 11.5 Å². The number of phenols is 1. The highest BCUT2D eigenvalue weighted by Gasteiger charge is 2.76. The number of hydrogen-bond acceptors (Lipinski definition) is 6. The van der Waals surface area contributed by atoms with E-state index in [1.807, 2.05) is 6.08 Å². The second-order valence-corrected chi connectivity index (χ2v) is 12.0. The summed E-state index contributed by atoms with van der Waals surface area (Å²) < 4.78 is 5.56. The Balaban J connectivity index is 1.55. The molecule has 0 bridgehead atoms. The van der Waals surface area contributed by atoms with Gasteiger partial charge in [0.05, 0.1) is 30.1 Å². The monoisotopic (exact) mass is 632 g/mol. The number of alkyl halides is 3. The molecular weight excluding hydrogens is 611 g/mol. The number of halogens is 3. The number of likely N-dealkylation sites (tertiary alicyclic amines) is 1. The molecule has 11 heteroatoms. The van der Waals surface area contributed by atoms with Crippen molar-refractivity contribution < 1.29 is 29.0 Å². The van der Waals surface area contributed by atoms with Crippen molar-refractivity contribution in [3.05, 3.63) is 65.7 Å². The molecule has 1 N–H and O–H groups in total. The van der Waals surface area contributed by atoms with Crippen LogP contribution in [0.4, 0.5) is 5.69 Å². The van der Waals surface area contributed by atoms with Crippen LogP contribution < -0.4 is 9.64 Å². The Labute approximate surface area is 242 Å². The number of imide groups is 2. The molecule has 39 heavy (non-hydrogen) atoms. The molecule has 2 aromatic carbocycles. The molecule has 0 spiro atoms. The van der Waals surface area contributed by atoms with E-state index in [1.165, 1.54) is 24.1 Å². The number of phenolic OH excluding ortho intramolecular Hbond substituents is 1. The normalized spacial score (nSPS) is 33.6. The van der Waals surface area contributed by atoms with Crippen molar-refractivity contribution >= 4 is 68.4 Å². The molecule has 2 aliphatic heterocycles. The summed E-state index contributed by atoms with van der Waals surface area (Å²) in [7, 11) is 1.42. The van der Waals surface area contributed by atoms with Crippen LogP contribution in [-0.2, 0) is 19.2 Å². The van der Waals surface area contributed by atoms with Gasteiger partial charge in [0, 0.05) is 17.5 Å². The minimum Gasteiger partial charge on any atom is -0.508 e. The maximum Gasteiger partial charge on any atom is 0.254 e. The van der Waals surface area contributed by atoms with Crippen LogP contribution in [0.1, 0.15) is 24.3 Å². The van der Waals surface area contributed by atoms with Gasteiger partial charge in [0.2, 0.25) is 11.8 Å². The van der Waals surface area contributed by atoms with Gasteiger partial charge < -0.3 is 9.84 Å². The number of fused-ring (bicyclic) bond motifs is 4. The maximum absolute atomic E-state index is 13.9. The Hall–Kier alpha value is -2.88. The van der Waals surface area contributed by atoms with Crippen molar-refractivity contribution in [3.8, 4) is 11.5 Å². The first-order valence-electron chi connectivity index (χ1n) is 12.4. The maximum atomic E-state index is 13.9. The topological polar surface area (TPSA) is 104 Å². The molecule has 8 nitrogen and oxygen atoms in total. The van der Waals surface area contributed by atoms with Gasteiger partial charge in [-0.3, -0.25) is 29.0 Å². The van der Waals surface area contributed by atoms with E-state index in [1.54, 1.807) is 36.4 Å². The van der Waals surface area contributed by atoms with E-state index < -0.39 is 45.2 Å². The number of carbonyl (C=O) groups excluding carboxylic acids is 4. The molecule has 0 radical (unpaired) electrons. The van der Waals surface area contributed by atoms with Gasteiger partial charge in [0.15, 0.2) is 9.75 Å². The molecule has 0 aromatic heterocycles. The molecule has 202 valence electrons. The number of amides is 4. The van der Waals surface area contributed by atoms with Crippen LogP contribution in [0.2, 0.25) is 0 Å². The third-order valence-electron chi connectivity index (χ3n) is 8.56. The number of rotatable bonds is 4. The van der Waals surface area contributed by atoms with Crippen molar-refractivity contribution in [2.24, 2.45) is 17.8 Å². The second kappa shape index (κ2) is 9.08. The van der Waals surface area contributed by atoms with E-state index in [-0.39, 0.29) is 41.6 Å². The standard InChI is InChI=1S/C28H23BrCl2N2O6/c1-39-20-11-15(34)7-8-17(20)22-16-9-10-18-21(24(36)33(23(18)35)14-5-3-2-4-6-14)19(16)12-27(30)25(37)32(13-29)26(38)28(22,27)31/h2-9,11,18-19,21-22,34H,10,12-13H2,1H3. The van der Waals surface area contributed by atoms with E-state index in [4.69, 9.17) is 27.9 Å². The van der Waals surface area contributed by atoms with E-state index in [0.717, 1.165) is 4.90 Å². The van der Waals surface area contributed by atoms with Crippen LogP contribution >= 0.6 is 39.1 Å². The fourth-order valence-electron chi connectivity index (χ4n) is 6.87. The summed E-state index contributed by atoms with van der Waals surface area (Å²) in [6.45, 7) is 0. The van der Waals surface area contributed by atoms with Gasteiger partial charge in [0.25, 0.3) is 11.8 Å². The number of anilines is 1. The number of allylic oxidation sites excluding steroid dienone is 2. The number of ether oxygens (including phenoxy) is 1.